The van der Waals surface area contributed by atoms with Gasteiger partial charge < -0.3 is 36.6 Å². The highest BCUT2D eigenvalue weighted by Gasteiger charge is 2.33. The van der Waals surface area contributed by atoms with Gasteiger partial charge in [-0.1, -0.05) is 26.0 Å². The van der Waals surface area contributed by atoms with E-state index < -0.39 is 60.3 Å². The van der Waals surface area contributed by atoms with Gasteiger partial charge >= 0.3 is 11.9 Å². The Labute approximate surface area is 208 Å². The van der Waals surface area contributed by atoms with Crippen molar-refractivity contribution in [2.24, 2.45) is 5.92 Å². The normalized spacial score (nSPS) is 17.6. The molecule has 4 unspecified atom stereocenters. The van der Waals surface area contributed by atoms with Gasteiger partial charge in [-0.3, -0.25) is 19.2 Å². The number of carboxylic acids is 2. The number of nitrogens with one attached hydrogen (secondary N) is 4. The van der Waals surface area contributed by atoms with Crippen molar-refractivity contribution in [2.75, 3.05) is 6.54 Å². The predicted molar refractivity (Wildman–Crippen MR) is 128 cm³/mol. The van der Waals surface area contributed by atoms with E-state index in [0.29, 0.717) is 18.5 Å². The van der Waals surface area contributed by atoms with Gasteiger partial charge in [0, 0.05) is 12.8 Å². The van der Waals surface area contributed by atoms with Crippen LogP contribution in [0.2, 0.25) is 0 Å². The Morgan fingerprint density at radius 3 is 2.17 bits per heavy atom. The van der Waals surface area contributed by atoms with Gasteiger partial charge in [0.1, 0.15) is 23.9 Å². The van der Waals surface area contributed by atoms with Crippen LogP contribution in [-0.2, 0) is 30.4 Å². The zero-order chi connectivity index (χ0) is 26.8. The Morgan fingerprint density at radius 1 is 0.972 bits per heavy atom. The van der Waals surface area contributed by atoms with Crippen LogP contribution in [0.15, 0.2) is 24.3 Å². The lowest BCUT2D eigenvalue weighted by molar-refractivity contribution is -0.143. The van der Waals surface area contributed by atoms with E-state index in [1.807, 2.05) is 0 Å². The average Bonchev–Trinajstić information content (AvgIpc) is 3.35. The fraction of sp³-hybridized carbons (Fsp3) is 0.542. The van der Waals surface area contributed by atoms with Crippen LogP contribution >= 0.6 is 0 Å². The van der Waals surface area contributed by atoms with Crippen molar-refractivity contribution in [1.29, 1.82) is 0 Å². The highest BCUT2D eigenvalue weighted by molar-refractivity contribution is 5.94. The molecule has 12 heteroatoms. The quantitative estimate of drug-likeness (QED) is 0.189. The SMILES string of the molecule is CC(C)C(NC(=O)C(Cc1ccc(O)cc1)NC(=O)C1CCCN1)C(=O)NC(CCC(=O)O)C(=O)O. The van der Waals surface area contributed by atoms with Gasteiger partial charge in [0.2, 0.25) is 17.7 Å². The number of benzene rings is 1. The summed E-state index contributed by atoms with van der Waals surface area (Å²) in [4.78, 5) is 61.1. The van der Waals surface area contributed by atoms with E-state index in [2.05, 4.69) is 21.3 Å². The topological polar surface area (TPSA) is 194 Å². The number of carbonyl (C=O) groups is 5. The number of phenols is 1. The molecule has 36 heavy (non-hydrogen) atoms. The maximum atomic E-state index is 13.2. The molecule has 0 saturated carbocycles. The Morgan fingerprint density at radius 2 is 1.64 bits per heavy atom. The minimum atomic E-state index is -1.44. The number of aliphatic carboxylic acids is 2. The second-order valence-electron chi connectivity index (χ2n) is 9.14. The lowest BCUT2D eigenvalue weighted by Gasteiger charge is -2.27. The molecule has 12 nitrogen and oxygen atoms in total. The molecule has 1 aliphatic heterocycles. The van der Waals surface area contributed by atoms with Crippen LogP contribution in [0, 0.1) is 5.92 Å². The third-order valence-electron chi connectivity index (χ3n) is 5.89. The van der Waals surface area contributed by atoms with Crippen LogP contribution in [0.5, 0.6) is 5.75 Å². The number of aromatic hydroxyl groups is 1. The van der Waals surface area contributed by atoms with Crippen molar-refractivity contribution in [3.8, 4) is 5.75 Å². The number of amides is 3. The summed E-state index contributed by atoms with van der Waals surface area (Å²) in [6.07, 6.45) is 0.779. The molecule has 1 aliphatic rings. The van der Waals surface area contributed by atoms with Crippen LogP contribution in [-0.4, -0.2) is 75.7 Å². The fourth-order valence-corrected chi connectivity index (χ4v) is 3.83. The molecule has 1 aromatic carbocycles. The summed E-state index contributed by atoms with van der Waals surface area (Å²) in [6, 6.07) is 2.09. The van der Waals surface area contributed by atoms with Crippen LogP contribution in [0.3, 0.4) is 0 Å². The second-order valence-corrected chi connectivity index (χ2v) is 9.14. The van der Waals surface area contributed by atoms with Gasteiger partial charge in [-0.2, -0.15) is 0 Å². The first-order valence-electron chi connectivity index (χ1n) is 11.8. The smallest absolute Gasteiger partial charge is 0.326 e. The van der Waals surface area contributed by atoms with E-state index in [9.17, 15) is 34.2 Å². The van der Waals surface area contributed by atoms with Gasteiger partial charge in [-0.05, 0) is 49.4 Å². The van der Waals surface area contributed by atoms with E-state index in [0.717, 1.165) is 6.42 Å². The van der Waals surface area contributed by atoms with Crippen LogP contribution in [0.4, 0.5) is 0 Å². The van der Waals surface area contributed by atoms with E-state index >= 15 is 0 Å². The molecule has 0 bridgehead atoms. The summed E-state index contributed by atoms with van der Waals surface area (Å²) in [5, 5.41) is 38.4. The molecule has 3 amide bonds. The first-order chi connectivity index (χ1) is 17.0. The largest absolute Gasteiger partial charge is 0.508 e. The third kappa shape index (κ3) is 8.84. The van der Waals surface area contributed by atoms with Crippen LogP contribution < -0.4 is 21.3 Å². The molecule has 0 radical (unpaired) electrons. The standard InChI is InChI=1S/C24H34N4O8/c1-13(2)20(23(34)26-17(24(35)36)9-10-19(30)31)28-22(33)18(12-14-5-7-15(29)8-6-14)27-21(32)16-4-3-11-25-16/h5-8,13,16-18,20,25,29H,3-4,9-12H2,1-2H3,(H,26,34)(H,27,32)(H,28,33)(H,30,31)(H,35,36). The van der Waals surface area contributed by atoms with E-state index in [4.69, 9.17) is 5.11 Å². The Balaban J connectivity index is 2.16. The summed E-state index contributed by atoms with van der Waals surface area (Å²) in [7, 11) is 0. The summed E-state index contributed by atoms with van der Waals surface area (Å²) >= 11 is 0. The van der Waals surface area contributed by atoms with Gasteiger partial charge in [0.05, 0.1) is 6.04 Å². The summed E-state index contributed by atoms with van der Waals surface area (Å²) in [5.41, 5.74) is 0.665. The maximum Gasteiger partial charge on any atom is 0.326 e. The molecule has 1 aromatic rings. The van der Waals surface area contributed by atoms with Gasteiger partial charge in [0.15, 0.2) is 0 Å². The first kappa shape index (κ1) is 28.6. The molecule has 0 spiro atoms. The van der Waals surface area contributed by atoms with Crippen molar-refractivity contribution < 1.29 is 39.3 Å². The van der Waals surface area contributed by atoms with Gasteiger partial charge in [-0.25, -0.2) is 4.79 Å². The van der Waals surface area contributed by atoms with Crippen molar-refractivity contribution in [2.45, 2.75) is 70.1 Å². The second kappa shape index (κ2) is 13.4. The summed E-state index contributed by atoms with van der Waals surface area (Å²) < 4.78 is 0. The number of phenolic OH excluding ortho intramolecular Hbond substituents is 1. The Kier molecular flexibility index (Phi) is 10.7. The van der Waals surface area contributed by atoms with Crippen molar-refractivity contribution in [1.82, 2.24) is 21.3 Å². The molecule has 1 heterocycles. The van der Waals surface area contributed by atoms with Crippen molar-refractivity contribution >= 4 is 29.7 Å². The monoisotopic (exact) mass is 506 g/mol. The lowest BCUT2D eigenvalue weighted by atomic mass is 10.00. The Hall–Kier alpha value is -3.67. The molecule has 198 valence electrons. The molecule has 0 aliphatic carbocycles. The fourth-order valence-electron chi connectivity index (χ4n) is 3.83. The number of carbonyl (C=O) groups excluding carboxylic acids is 3. The molecular formula is C24H34N4O8. The number of hydrogen-bond acceptors (Lipinski definition) is 7. The molecule has 2 rings (SSSR count). The molecule has 0 aromatic heterocycles. The zero-order valence-electron chi connectivity index (χ0n) is 20.3. The lowest BCUT2D eigenvalue weighted by Crippen LogP contribution is -2.58. The Bertz CT molecular complexity index is 944. The number of hydrogen-bond donors (Lipinski definition) is 7. The number of rotatable bonds is 13. The minimum Gasteiger partial charge on any atom is -0.508 e. The van der Waals surface area contributed by atoms with E-state index in [1.165, 1.54) is 12.1 Å². The highest BCUT2D eigenvalue weighted by atomic mass is 16.4. The molecular weight excluding hydrogens is 472 g/mol. The van der Waals surface area contributed by atoms with Gasteiger partial charge in [0.25, 0.3) is 0 Å². The van der Waals surface area contributed by atoms with Crippen molar-refractivity contribution in [3.05, 3.63) is 29.8 Å². The summed E-state index contributed by atoms with van der Waals surface area (Å²) in [5.74, 6) is -4.75. The van der Waals surface area contributed by atoms with Crippen LogP contribution in [0.25, 0.3) is 0 Å². The summed E-state index contributed by atoms with van der Waals surface area (Å²) in [6.45, 7) is 4.01. The third-order valence-corrected chi connectivity index (χ3v) is 5.89. The van der Waals surface area contributed by atoms with Crippen molar-refractivity contribution in [3.63, 3.8) is 0 Å². The molecule has 7 N–H and O–H groups in total. The molecule has 1 saturated heterocycles. The predicted octanol–water partition coefficient (Wildman–Crippen LogP) is -0.253. The minimum absolute atomic E-state index is 0.0476. The molecule has 4 atom stereocenters. The first-order valence-corrected chi connectivity index (χ1v) is 11.8. The zero-order valence-corrected chi connectivity index (χ0v) is 20.3. The van der Waals surface area contributed by atoms with E-state index in [-0.39, 0.29) is 24.5 Å². The van der Waals surface area contributed by atoms with E-state index in [1.54, 1.807) is 26.0 Å². The van der Waals surface area contributed by atoms with Crippen LogP contribution in [0.1, 0.15) is 45.1 Å². The maximum absolute atomic E-state index is 13.2. The average molecular weight is 507 g/mol. The van der Waals surface area contributed by atoms with Gasteiger partial charge in [-0.15, -0.1) is 0 Å². The highest BCUT2D eigenvalue weighted by Crippen LogP contribution is 2.13. The number of carboxylic acid groups (broad SMARTS) is 2. The molecule has 1 fully saturated rings.